The Kier molecular flexibility index (Phi) is 6.01. The van der Waals surface area contributed by atoms with Gasteiger partial charge >= 0.3 is 6.18 Å². The van der Waals surface area contributed by atoms with Crippen molar-refractivity contribution in [2.75, 3.05) is 37.6 Å². The maximum absolute atomic E-state index is 12.6. The van der Waals surface area contributed by atoms with Crippen LogP contribution in [0.15, 0.2) is 18.3 Å². The predicted octanol–water partition coefficient (Wildman–Crippen LogP) is 0.673. The van der Waals surface area contributed by atoms with E-state index in [9.17, 15) is 18.0 Å². The molecule has 1 amide bonds. The predicted molar refractivity (Wildman–Crippen MR) is 90.8 cm³/mol. The van der Waals surface area contributed by atoms with Crippen LogP contribution in [0.25, 0.3) is 0 Å². The molecule has 5 nitrogen and oxygen atoms in total. The molecule has 2 fully saturated rings. The quantitative estimate of drug-likeness (QED) is 0.817. The van der Waals surface area contributed by atoms with Gasteiger partial charge in [0.05, 0.1) is 5.56 Å². The zero-order valence-electron chi connectivity index (χ0n) is 14.9. The fraction of sp³-hybridized carbons (Fsp3) is 0.667. The van der Waals surface area contributed by atoms with Gasteiger partial charge in [0.25, 0.3) is 11.7 Å². The number of aromatic amines is 1. The van der Waals surface area contributed by atoms with Gasteiger partial charge in [0.1, 0.15) is 32.4 Å². The third kappa shape index (κ3) is 5.09. The number of piperazine rings is 1. The Morgan fingerprint density at radius 3 is 2.46 bits per heavy atom. The van der Waals surface area contributed by atoms with E-state index in [2.05, 4.69) is 10.3 Å². The van der Waals surface area contributed by atoms with Crippen LogP contribution in [0.2, 0.25) is 0 Å². The zero-order chi connectivity index (χ0) is 18.6. The lowest BCUT2D eigenvalue weighted by atomic mass is 9.95. The van der Waals surface area contributed by atoms with Crippen molar-refractivity contribution in [3.63, 3.8) is 0 Å². The molecule has 0 spiro atoms. The van der Waals surface area contributed by atoms with Crippen molar-refractivity contribution in [2.24, 2.45) is 0 Å². The highest BCUT2D eigenvalue weighted by atomic mass is 19.4. The second-order valence-corrected chi connectivity index (χ2v) is 7.28. The van der Waals surface area contributed by atoms with Crippen molar-refractivity contribution in [2.45, 2.75) is 44.3 Å². The summed E-state index contributed by atoms with van der Waals surface area (Å²) in [6.07, 6.45) is 2.49. The maximum atomic E-state index is 12.6. The number of rotatable bonds is 4. The van der Waals surface area contributed by atoms with Crippen LogP contribution in [-0.2, 0) is 11.0 Å². The molecule has 1 saturated heterocycles. The fourth-order valence-electron chi connectivity index (χ4n) is 3.78. The van der Waals surface area contributed by atoms with Crippen LogP contribution in [-0.4, -0.2) is 44.7 Å². The van der Waals surface area contributed by atoms with Crippen LogP contribution in [0.3, 0.4) is 0 Å². The van der Waals surface area contributed by atoms with E-state index in [1.807, 2.05) is 4.90 Å². The molecule has 3 N–H and O–H groups in total. The Bertz CT molecular complexity index is 591. The molecule has 26 heavy (non-hydrogen) atoms. The van der Waals surface area contributed by atoms with Crippen molar-refractivity contribution >= 4 is 11.7 Å². The number of aromatic nitrogens is 1. The van der Waals surface area contributed by atoms with E-state index in [4.69, 9.17) is 0 Å². The van der Waals surface area contributed by atoms with E-state index in [0.717, 1.165) is 38.2 Å². The lowest BCUT2D eigenvalue weighted by Gasteiger charge is -2.29. The standard InChI is InChI=1S/C18H25F3N4O/c19-18(20,21)14-6-7-16(22-12-14)25-10-8-24(9-11-25)13-17(26)23-15-4-2-1-3-5-15/h6-7,12,15H,1-5,8-11,13H2,(H,23,26)/p+2. The SMILES string of the molecule is O=C(C[NH+]1CCN(c2ccc(C(F)(F)F)c[nH+]2)CC1)NC1CCCCC1. The number of hydrogen-bond acceptors (Lipinski definition) is 2. The van der Waals surface area contributed by atoms with Gasteiger partial charge in [0.15, 0.2) is 6.54 Å². The van der Waals surface area contributed by atoms with E-state index < -0.39 is 11.7 Å². The number of carbonyl (C=O) groups excluding carboxylic acids is 1. The van der Waals surface area contributed by atoms with Gasteiger partial charge in [-0.3, -0.25) is 9.69 Å². The minimum Gasteiger partial charge on any atom is -0.348 e. The number of carbonyl (C=O) groups is 1. The number of pyridine rings is 1. The molecule has 2 heterocycles. The number of nitrogens with zero attached hydrogens (tertiary/aromatic N) is 1. The van der Waals surface area contributed by atoms with Crippen molar-refractivity contribution in [3.8, 4) is 0 Å². The van der Waals surface area contributed by atoms with E-state index >= 15 is 0 Å². The molecular formula is C18H27F3N4O+2. The van der Waals surface area contributed by atoms with Gasteiger partial charge in [-0.1, -0.05) is 19.3 Å². The summed E-state index contributed by atoms with van der Waals surface area (Å²) in [4.78, 5) is 18.2. The summed E-state index contributed by atoms with van der Waals surface area (Å²) in [5.74, 6) is 0.796. The van der Waals surface area contributed by atoms with Gasteiger partial charge in [0.2, 0.25) is 0 Å². The zero-order valence-corrected chi connectivity index (χ0v) is 14.9. The first kappa shape index (κ1) is 18.9. The van der Waals surface area contributed by atoms with Crippen LogP contribution < -0.4 is 20.1 Å². The first-order chi connectivity index (χ1) is 12.4. The molecule has 0 aromatic carbocycles. The highest BCUT2D eigenvalue weighted by Crippen LogP contribution is 2.28. The smallest absolute Gasteiger partial charge is 0.348 e. The summed E-state index contributed by atoms with van der Waals surface area (Å²) >= 11 is 0. The minimum atomic E-state index is -4.33. The number of halogens is 3. The van der Waals surface area contributed by atoms with Gasteiger partial charge < -0.3 is 10.2 Å². The third-order valence-electron chi connectivity index (χ3n) is 5.32. The van der Waals surface area contributed by atoms with E-state index in [0.29, 0.717) is 31.5 Å². The van der Waals surface area contributed by atoms with E-state index in [1.165, 1.54) is 30.2 Å². The summed E-state index contributed by atoms with van der Waals surface area (Å²) in [6.45, 7) is 3.50. The van der Waals surface area contributed by atoms with Crippen LogP contribution >= 0.6 is 0 Å². The van der Waals surface area contributed by atoms with Crippen LogP contribution in [0, 0.1) is 0 Å². The Labute approximate surface area is 151 Å². The average Bonchev–Trinajstić information content (AvgIpc) is 2.62. The topological polar surface area (TPSA) is 50.9 Å². The van der Waals surface area contributed by atoms with Gasteiger partial charge in [-0.25, -0.2) is 4.98 Å². The second-order valence-electron chi connectivity index (χ2n) is 7.28. The van der Waals surface area contributed by atoms with Crippen LogP contribution in [0.5, 0.6) is 0 Å². The Morgan fingerprint density at radius 1 is 1.19 bits per heavy atom. The number of anilines is 1. The fourth-order valence-corrected chi connectivity index (χ4v) is 3.78. The van der Waals surface area contributed by atoms with Crippen molar-refractivity contribution in [1.82, 2.24) is 5.32 Å². The third-order valence-corrected chi connectivity index (χ3v) is 5.32. The summed E-state index contributed by atoms with van der Waals surface area (Å²) in [6, 6.07) is 2.91. The largest absolute Gasteiger partial charge is 0.419 e. The number of quaternary nitrogens is 1. The molecule has 1 aliphatic carbocycles. The van der Waals surface area contributed by atoms with Crippen LogP contribution in [0.1, 0.15) is 37.7 Å². The Balaban J connectivity index is 1.44. The average molecular weight is 372 g/mol. The molecular weight excluding hydrogens is 345 g/mol. The highest BCUT2D eigenvalue weighted by Gasteiger charge is 2.33. The van der Waals surface area contributed by atoms with Crippen molar-refractivity contribution in [1.29, 1.82) is 0 Å². The molecule has 0 bridgehead atoms. The Hall–Kier alpha value is -1.83. The van der Waals surface area contributed by atoms with E-state index in [-0.39, 0.29) is 5.91 Å². The molecule has 1 aliphatic heterocycles. The van der Waals surface area contributed by atoms with Crippen LogP contribution in [0.4, 0.5) is 19.0 Å². The summed E-state index contributed by atoms with van der Waals surface area (Å²) in [5, 5.41) is 3.14. The lowest BCUT2D eigenvalue weighted by Crippen LogP contribution is -3.16. The molecule has 1 saturated carbocycles. The van der Waals surface area contributed by atoms with Crippen molar-refractivity contribution in [3.05, 3.63) is 23.9 Å². The number of H-pyrrole nitrogens is 1. The number of alkyl halides is 3. The Morgan fingerprint density at radius 2 is 1.88 bits per heavy atom. The number of amides is 1. The molecule has 0 atom stereocenters. The molecule has 8 heteroatoms. The molecule has 2 aliphatic rings. The molecule has 1 aromatic heterocycles. The molecule has 0 unspecified atom stereocenters. The van der Waals surface area contributed by atoms with Crippen molar-refractivity contribution < 1.29 is 27.8 Å². The minimum absolute atomic E-state index is 0.112. The second kappa shape index (κ2) is 8.24. The van der Waals surface area contributed by atoms with Gasteiger partial charge in [-0.15, -0.1) is 0 Å². The highest BCUT2D eigenvalue weighted by molar-refractivity contribution is 5.77. The van der Waals surface area contributed by atoms with E-state index in [1.54, 1.807) is 0 Å². The first-order valence-corrected chi connectivity index (χ1v) is 9.38. The molecule has 144 valence electrons. The molecule has 1 aromatic rings. The first-order valence-electron chi connectivity index (χ1n) is 9.38. The lowest BCUT2D eigenvalue weighted by molar-refractivity contribution is -0.892. The number of nitrogens with one attached hydrogen (secondary N) is 3. The molecule has 3 rings (SSSR count). The maximum Gasteiger partial charge on any atom is 0.419 e. The van der Waals surface area contributed by atoms with Gasteiger partial charge in [-0.2, -0.15) is 13.2 Å². The summed E-state index contributed by atoms with van der Waals surface area (Å²) in [7, 11) is 0. The number of hydrogen-bond donors (Lipinski definition) is 2. The van der Waals surface area contributed by atoms with Gasteiger partial charge in [-0.05, 0) is 18.9 Å². The summed E-state index contributed by atoms with van der Waals surface area (Å²) < 4.78 is 37.9. The summed E-state index contributed by atoms with van der Waals surface area (Å²) in [5.41, 5.74) is -0.676. The van der Waals surface area contributed by atoms with Gasteiger partial charge in [0, 0.05) is 12.1 Å². The molecule has 0 radical (unpaired) electrons. The monoisotopic (exact) mass is 372 g/mol. The normalized spacial score (nSPS) is 20.2.